The molecule has 3 nitrogen and oxygen atoms in total. The van der Waals surface area contributed by atoms with Crippen LogP contribution in [0.15, 0.2) is 18.2 Å². The third kappa shape index (κ3) is 5.63. The van der Waals surface area contributed by atoms with E-state index in [0.29, 0.717) is 12.2 Å². The maximum Gasteiger partial charge on any atom is 0.573 e. The SMILES string of the molecule is CC.OC1CCCN(c2ccc(OC(F)(F)F)c(Cl)c2)C1. The van der Waals surface area contributed by atoms with E-state index in [1.165, 1.54) is 18.2 Å². The normalized spacial score (nSPS) is 18.8. The van der Waals surface area contributed by atoms with Gasteiger partial charge in [0.05, 0.1) is 11.1 Å². The van der Waals surface area contributed by atoms with Crippen molar-refractivity contribution >= 4 is 17.3 Å². The van der Waals surface area contributed by atoms with Gasteiger partial charge in [-0.1, -0.05) is 25.4 Å². The van der Waals surface area contributed by atoms with Crippen molar-refractivity contribution in [3.8, 4) is 5.75 Å². The van der Waals surface area contributed by atoms with Crippen LogP contribution in [0.3, 0.4) is 0 Å². The lowest BCUT2D eigenvalue weighted by Gasteiger charge is -2.32. The van der Waals surface area contributed by atoms with E-state index in [2.05, 4.69) is 4.74 Å². The highest BCUT2D eigenvalue weighted by Crippen LogP contribution is 2.33. The summed E-state index contributed by atoms with van der Waals surface area (Å²) in [6.07, 6.45) is -3.61. The number of β-amino-alcohol motifs (C(OH)–C–C–N with tert-alkyl or cyclic N) is 1. The third-order valence-corrected chi connectivity index (χ3v) is 3.20. The van der Waals surface area contributed by atoms with Gasteiger partial charge in [-0.15, -0.1) is 13.2 Å². The van der Waals surface area contributed by atoms with Gasteiger partial charge in [-0.3, -0.25) is 0 Å². The van der Waals surface area contributed by atoms with Crippen LogP contribution < -0.4 is 9.64 Å². The first kappa shape index (κ1) is 17.9. The van der Waals surface area contributed by atoms with Crippen molar-refractivity contribution in [2.75, 3.05) is 18.0 Å². The number of aliphatic hydroxyl groups excluding tert-OH is 1. The molecule has 1 unspecified atom stereocenters. The number of rotatable bonds is 2. The Kier molecular flexibility index (Phi) is 6.61. The van der Waals surface area contributed by atoms with Gasteiger partial charge >= 0.3 is 6.36 Å². The van der Waals surface area contributed by atoms with Crippen LogP contribution in [0.5, 0.6) is 5.75 Å². The highest BCUT2D eigenvalue weighted by atomic mass is 35.5. The monoisotopic (exact) mass is 325 g/mol. The predicted octanol–water partition coefficient (Wildman–Crippen LogP) is 4.23. The van der Waals surface area contributed by atoms with Gasteiger partial charge in [0.1, 0.15) is 5.75 Å². The maximum atomic E-state index is 12.1. The summed E-state index contributed by atoms with van der Waals surface area (Å²) in [5, 5.41) is 9.47. The van der Waals surface area contributed by atoms with E-state index < -0.39 is 18.2 Å². The van der Waals surface area contributed by atoms with Crippen molar-refractivity contribution in [1.29, 1.82) is 0 Å². The van der Waals surface area contributed by atoms with Crippen molar-refractivity contribution in [3.63, 3.8) is 0 Å². The number of anilines is 1. The molecule has 0 bridgehead atoms. The molecule has 1 atom stereocenters. The van der Waals surface area contributed by atoms with E-state index in [4.69, 9.17) is 11.6 Å². The van der Waals surface area contributed by atoms with Crippen LogP contribution in [-0.4, -0.2) is 30.7 Å². The van der Waals surface area contributed by atoms with E-state index in [1.54, 1.807) is 0 Å². The number of hydrogen-bond acceptors (Lipinski definition) is 3. The Morgan fingerprint density at radius 2 is 2.00 bits per heavy atom. The Labute approximate surface area is 127 Å². The molecular weight excluding hydrogens is 307 g/mol. The minimum atomic E-state index is -4.76. The number of halogens is 4. The van der Waals surface area contributed by atoms with Crippen LogP contribution in [0.4, 0.5) is 18.9 Å². The lowest BCUT2D eigenvalue weighted by molar-refractivity contribution is -0.274. The first-order valence-electron chi connectivity index (χ1n) is 6.83. The molecular formula is C14H19ClF3NO2. The number of aliphatic hydroxyl groups is 1. The fourth-order valence-electron chi connectivity index (χ4n) is 2.08. The second-order valence-corrected chi connectivity index (χ2v) is 4.81. The molecule has 0 spiro atoms. The van der Waals surface area contributed by atoms with Gasteiger partial charge < -0.3 is 14.7 Å². The Hall–Kier alpha value is -1.14. The summed E-state index contributed by atoms with van der Waals surface area (Å²) in [6, 6.07) is 4.11. The molecule has 7 heteroatoms. The first-order chi connectivity index (χ1) is 9.85. The first-order valence-corrected chi connectivity index (χ1v) is 7.21. The Morgan fingerprint density at radius 1 is 1.33 bits per heavy atom. The fraction of sp³-hybridized carbons (Fsp3) is 0.571. The molecule has 1 aromatic rings. The lowest BCUT2D eigenvalue weighted by Crippen LogP contribution is -2.38. The van der Waals surface area contributed by atoms with Gasteiger partial charge in [-0.25, -0.2) is 0 Å². The van der Waals surface area contributed by atoms with Gasteiger partial charge in [-0.05, 0) is 31.0 Å². The topological polar surface area (TPSA) is 32.7 Å². The molecule has 120 valence electrons. The number of nitrogens with zero attached hydrogens (tertiary/aromatic N) is 1. The van der Waals surface area contributed by atoms with Gasteiger partial charge in [-0.2, -0.15) is 0 Å². The second kappa shape index (κ2) is 7.75. The average Bonchev–Trinajstić information content (AvgIpc) is 2.42. The molecule has 0 aromatic heterocycles. The fourth-order valence-corrected chi connectivity index (χ4v) is 2.30. The third-order valence-electron chi connectivity index (χ3n) is 2.90. The Bertz CT molecular complexity index is 454. The summed E-state index contributed by atoms with van der Waals surface area (Å²) in [7, 11) is 0. The highest BCUT2D eigenvalue weighted by molar-refractivity contribution is 6.32. The quantitative estimate of drug-likeness (QED) is 0.883. The molecule has 2 rings (SSSR count). The summed E-state index contributed by atoms with van der Waals surface area (Å²) < 4.78 is 40.1. The molecule has 1 aliphatic rings. The van der Waals surface area contributed by atoms with E-state index >= 15 is 0 Å². The zero-order chi connectivity index (χ0) is 16.0. The van der Waals surface area contributed by atoms with Crippen LogP contribution in [0.25, 0.3) is 0 Å². The number of piperidine rings is 1. The molecule has 1 saturated heterocycles. The summed E-state index contributed by atoms with van der Waals surface area (Å²) in [6.45, 7) is 5.20. The molecule has 1 aromatic carbocycles. The molecule has 0 radical (unpaired) electrons. The van der Waals surface area contributed by atoms with Crippen LogP contribution >= 0.6 is 11.6 Å². The Balaban J connectivity index is 0.00000106. The number of hydrogen-bond donors (Lipinski definition) is 1. The van der Waals surface area contributed by atoms with Crippen LogP contribution in [0.2, 0.25) is 5.02 Å². The molecule has 1 fully saturated rings. The molecule has 0 saturated carbocycles. The molecule has 0 amide bonds. The van der Waals surface area contributed by atoms with Crippen molar-refractivity contribution in [2.45, 2.75) is 39.2 Å². The zero-order valence-corrected chi connectivity index (χ0v) is 12.7. The van der Waals surface area contributed by atoms with Crippen molar-refractivity contribution in [2.24, 2.45) is 0 Å². The highest BCUT2D eigenvalue weighted by Gasteiger charge is 2.32. The standard InChI is InChI=1S/C12H13ClF3NO2.C2H6/c13-10-6-8(17-5-1-2-9(18)7-17)3-4-11(10)19-12(14,15)16;1-2/h3-4,6,9,18H,1-2,5,7H2;1-2H3. The smallest absolute Gasteiger partial charge is 0.404 e. The molecule has 1 heterocycles. The average molecular weight is 326 g/mol. The van der Waals surface area contributed by atoms with Crippen LogP contribution in [-0.2, 0) is 0 Å². The van der Waals surface area contributed by atoms with E-state index in [0.717, 1.165) is 19.4 Å². The summed E-state index contributed by atoms with van der Waals surface area (Å²) >= 11 is 5.78. The van der Waals surface area contributed by atoms with Crippen molar-refractivity contribution < 1.29 is 23.0 Å². The van der Waals surface area contributed by atoms with E-state index in [1.807, 2.05) is 18.7 Å². The number of alkyl halides is 3. The van der Waals surface area contributed by atoms with E-state index in [9.17, 15) is 18.3 Å². The van der Waals surface area contributed by atoms with Crippen molar-refractivity contribution in [1.82, 2.24) is 0 Å². The van der Waals surface area contributed by atoms with E-state index in [-0.39, 0.29) is 5.02 Å². The molecule has 0 aliphatic carbocycles. The largest absolute Gasteiger partial charge is 0.573 e. The summed E-state index contributed by atoms with van der Waals surface area (Å²) in [5.41, 5.74) is 0.679. The molecule has 1 N–H and O–H groups in total. The van der Waals surface area contributed by atoms with Gasteiger partial charge in [0.15, 0.2) is 0 Å². The van der Waals surface area contributed by atoms with Crippen LogP contribution in [0.1, 0.15) is 26.7 Å². The minimum Gasteiger partial charge on any atom is -0.404 e. The zero-order valence-electron chi connectivity index (χ0n) is 12.0. The van der Waals surface area contributed by atoms with Gasteiger partial charge in [0.2, 0.25) is 0 Å². The predicted molar refractivity (Wildman–Crippen MR) is 76.9 cm³/mol. The number of benzene rings is 1. The van der Waals surface area contributed by atoms with Gasteiger partial charge in [0.25, 0.3) is 0 Å². The summed E-state index contributed by atoms with van der Waals surface area (Å²) in [5.74, 6) is -0.421. The summed E-state index contributed by atoms with van der Waals surface area (Å²) in [4.78, 5) is 1.89. The lowest BCUT2D eigenvalue weighted by atomic mass is 10.1. The maximum absolute atomic E-state index is 12.1. The second-order valence-electron chi connectivity index (χ2n) is 4.40. The van der Waals surface area contributed by atoms with Crippen LogP contribution in [0, 0.1) is 0 Å². The van der Waals surface area contributed by atoms with Crippen molar-refractivity contribution in [3.05, 3.63) is 23.2 Å². The molecule has 1 aliphatic heterocycles. The minimum absolute atomic E-state index is 0.102. The Morgan fingerprint density at radius 3 is 2.52 bits per heavy atom. The molecule has 21 heavy (non-hydrogen) atoms. The number of ether oxygens (including phenoxy) is 1. The van der Waals surface area contributed by atoms with Gasteiger partial charge in [0, 0.05) is 18.8 Å².